The smallest absolute Gasteiger partial charge is 0.169 e. The Morgan fingerprint density at radius 1 is 1.44 bits per heavy atom. The summed E-state index contributed by atoms with van der Waals surface area (Å²) in [7, 11) is 1.72. The number of nitrogens with zero attached hydrogens (tertiary/aromatic N) is 1. The zero-order valence-electron chi connectivity index (χ0n) is 11.6. The Morgan fingerprint density at radius 2 is 2.28 bits per heavy atom. The minimum absolute atomic E-state index is 0.345. The van der Waals surface area contributed by atoms with E-state index >= 15 is 0 Å². The Kier molecular flexibility index (Phi) is 8.29. The Hall–Kier alpha value is -0.390. The first-order valence-corrected chi connectivity index (χ1v) is 7.32. The lowest BCUT2D eigenvalue weighted by molar-refractivity contribution is 0.0164. The van der Waals surface area contributed by atoms with Crippen LogP contribution in [0.25, 0.3) is 0 Å². The van der Waals surface area contributed by atoms with Crippen LogP contribution in [0.1, 0.15) is 32.6 Å². The van der Waals surface area contributed by atoms with Crippen molar-refractivity contribution >= 4 is 17.3 Å². The summed E-state index contributed by atoms with van der Waals surface area (Å²) >= 11 is 5.41. The summed E-state index contributed by atoms with van der Waals surface area (Å²) in [6.07, 6.45) is 4.73. The Morgan fingerprint density at radius 3 is 3.00 bits per heavy atom. The number of hydrogen-bond donors (Lipinski definition) is 1. The largest absolute Gasteiger partial charge is 0.385 e. The van der Waals surface area contributed by atoms with E-state index in [0.717, 1.165) is 63.6 Å². The highest BCUT2D eigenvalue weighted by Crippen LogP contribution is 2.13. The van der Waals surface area contributed by atoms with Crippen molar-refractivity contribution in [3.63, 3.8) is 0 Å². The third kappa shape index (κ3) is 5.98. The molecule has 1 aliphatic heterocycles. The third-order valence-electron chi connectivity index (χ3n) is 3.02. The van der Waals surface area contributed by atoms with Crippen LogP contribution < -0.4 is 5.32 Å². The summed E-state index contributed by atoms with van der Waals surface area (Å²) in [6.45, 7) is 6.62. The molecule has 1 saturated heterocycles. The van der Waals surface area contributed by atoms with Gasteiger partial charge in [0.05, 0.1) is 6.10 Å². The van der Waals surface area contributed by atoms with Crippen molar-refractivity contribution in [2.45, 2.75) is 38.7 Å². The van der Waals surface area contributed by atoms with Gasteiger partial charge in [-0.1, -0.05) is 6.92 Å². The minimum atomic E-state index is 0.345. The highest BCUT2D eigenvalue weighted by atomic mass is 32.1. The molecule has 1 N–H and O–H groups in total. The molecule has 0 aromatic carbocycles. The lowest BCUT2D eigenvalue weighted by Crippen LogP contribution is -2.47. The zero-order chi connectivity index (χ0) is 13.2. The van der Waals surface area contributed by atoms with Crippen molar-refractivity contribution in [1.82, 2.24) is 10.2 Å². The SMILES string of the molecule is CCCOC1CCCN(C(=S)NCCCOC)C1. The lowest BCUT2D eigenvalue weighted by Gasteiger charge is -2.34. The van der Waals surface area contributed by atoms with E-state index in [1.54, 1.807) is 7.11 Å². The van der Waals surface area contributed by atoms with E-state index in [4.69, 9.17) is 21.7 Å². The van der Waals surface area contributed by atoms with Crippen LogP contribution in [0.4, 0.5) is 0 Å². The van der Waals surface area contributed by atoms with Gasteiger partial charge in [0.25, 0.3) is 0 Å². The molecule has 5 heteroatoms. The molecule has 1 aliphatic rings. The molecule has 0 bridgehead atoms. The number of ether oxygens (including phenoxy) is 2. The summed E-state index contributed by atoms with van der Waals surface area (Å²) in [5.41, 5.74) is 0. The monoisotopic (exact) mass is 274 g/mol. The maximum absolute atomic E-state index is 5.81. The van der Waals surface area contributed by atoms with Crippen LogP contribution in [0.5, 0.6) is 0 Å². The van der Waals surface area contributed by atoms with Gasteiger partial charge in [-0.15, -0.1) is 0 Å². The number of methoxy groups -OCH3 is 1. The van der Waals surface area contributed by atoms with Crippen LogP contribution in [0.15, 0.2) is 0 Å². The summed E-state index contributed by atoms with van der Waals surface area (Å²) in [5, 5.41) is 4.14. The number of nitrogens with one attached hydrogen (secondary N) is 1. The molecule has 0 saturated carbocycles. The molecule has 0 aromatic heterocycles. The molecule has 0 radical (unpaired) electrons. The molecule has 4 nitrogen and oxygen atoms in total. The molecule has 1 atom stereocenters. The molecule has 106 valence electrons. The quantitative estimate of drug-likeness (QED) is 0.565. The van der Waals surface area contributed by atoms with Crippen LogP contribution in [0.3, 0.4) is 0 Å². The predicted molar refractivity (Wildman–Crippen MR) is 77.9 cm³/mol. The molecule has 0 amide bonds. The second-order valence-corrected chi connectivity index (χ2v) is 5.05. The van der Waals surface area contributed by atoms with Gasteiger partial charge in [-0.3, -0.25) is 0 Å². The lowest BCUT2D eigenvalue weighted by atomic mass is 10.1. The van der Waals surface area contributed by atoms with Crippen LogP contribution in [-0.4, -0.2) is 56.1 Å². The maximum Gasteiger partial charge on any atom is 0.169 e. The normalized spacial score (nSPS) is 19.9. The van der Waals surface area contributed by atoms with Gasteiger partial charge in [-0.2, -0.15) is 0 Å². The summed E-state index contributed by atoms with van der Waals surface area (Å²) in [4.78, 5) is 2.23. The standard InChI is InChI=1S/C13H26N2O2S/c1-3-9-17-12-6-4-8-15(11-12)13(18)14-7-5-10-16-2/h12H,3-11H2,1-2H3,(H,14,18). The van der Waals surface area contributed by atoms with Crippen LogP contribution in [0.2, 0.25) is 0 Å². The fourth-order valence-corrected chi connectivity index (χ4v) is 2.33. The molecule has 0 spiro atoms. The van der Waals surface area contributed by atoms with Crippen molar-refractivity contribution in [3.05, 3.63) is 0 Å². The van der Waals surface area contributed by atoms with Gasteiger partial charge < -0.3 is 19.7 Å². The van der Waals surface area contributed by atoms with Crippen LogP contribution in [-0.2, 0) is 9.47 Å². The molecule has 18 heavy (non-hydrogen) atoms. The van der Waals surface area contributed by atoms with E-state index in [2.05, 4.69) is 17.1 Å². The first kappa shape index (κ1) is 15.7. The molecule has 1 rings (SSSR count). The van der Waals surface area contributed by atoms with E-state index in [-0.39, 0.29) is 0 Å². The van der Waals surface area contributed by atoms with Gasteiger partial charge in [0.15, 0.2) is 5.11 Å². The van der Waals surface area contributed by atoms with E-state index in [1.165, 1.54) is 0 Å². The van der Waals surface area contributed by atoms with Gasteiger partial charge in [-0.25, -0.2) is 0 Å². The van der Waals surface area contributed by atoms with Crippen molar-refractivity contribution < 1.29 is 9.47 Å². The molecule has 0 aliphatic carbocycles. The fourth-order valence-electron chi connectivity index (χ4n) is 2.07. The number of rotatable bonds is 7. The zero-order valence-corrected chi connectivity index (χ0v) is 12.4. The summed E-state index contributed by atoms with van der Waals surface area (Å²) in [6, 6.07) is 0. The molecule has 0 aromatic rings. The maximum atomic E-state index is 5.81. The fraction of sp³-hybridized carbons (Fsp3) is 0.923. The molecule has 1 fully saturated rings. The third-order valence-corrected chi connectivity index (χ3v) is 3.43. The van der Waals surface area contributed by atoms with Crippen LogP contribution >= 0.6 is 12.2 Å². The number of likely N-dealkylation sites (tertiary alicyclic amines) is 1. The van der Waals surface area contributed by atoms with Gasteiger partial charge in [0, 0.05) is 40.0 Å². The van der Waals surface area contributed by atoms with E-state index < -0.39 is 0 Å². The van der Waals surface area contributed by atoms with Crippen molar-refractivity contribution in [2.24, 2.45) is 0 Å². The number of thiocarbonyl (C=S) groups is 1. The average Bonchev–Trinajstić information content (AvgIpc) is 2.41. The first-order chi connectivity index (χ1) is 8.77. The average molecular weight is 274 g/mol. The van der Waals surface area contributed by atoms with Gasteiger partial charge in [0.1, 0.15) is 0 Å². The topological polar surface area (TPSA) is 33.7 Å². The van der Waals surface area contributed by atoms with Gasteiger partial charge >= 0.3 is 0 Å². The number of piperidine rings is 1. The highest BCUT2D eigenvalue weighted by molar-refractivity contribution is 7.80. The van der Waals surface area contributed by atoms with Gasteiger partial charge in [0.2, 0.25) is 0 Å². The Labute approximate surface area is 116 Å². The van der Waals surface area contributed by atoms with Crippen molar-refractivity contribution in [1.29, 1.82) is 0 Å². The Balaban J connectivity index is 2.20. The first-order valence-electron chi connectivity index (χ1n) is 6.91. The van der Waals surface area contributed by atoms with Gasteiger partial charge in [-0.05, 0) is 37.9 Å². The highest BCUT2D eigenvalue weighted by Gasteiger charge is 2.21. The minimum Gasteiger partial charge on any atom is -0.385 e. The molecular formula is C13H26N2O2S. The molecule has 1 heterocycles. The second-order valence-electron chi connectivity index (χ2n) is 4.66. The Bertz CT molecular complexity index is 239. The molecule has 1 unspecified atom stereocenters. The van der Waals surface area contributed by atoms with E-state index in [9.17, 15) is 0 Å². The predicted octanol–water partition coefficient (Wildman–Crippen LogP) is 1.79. The summed E-state index contributed by atoms with van der Waals surface area (Å²) < 4.78 is 10.8. The summed E-state index contributed by atoms with van der Waals surface area (Å²) in [5.74, 6) is 0. The van der Waals surface area contributed by atoms with Crippen LogP contribution in [0, 0.1) is 0 Å². The van der Waals surface area contributed by atoms with E-state index in [1.807, 2.05) is 0 Å². The van der Waals surface area contributed by atoms with E-state index in [0.29, 0.717) is 6.10 Å². The number of hydrogen-bond acceptors (Lipinski definition) is 3. The van der Waals surface area contributed by atoms with Crippen molar-refractivity contribution in [3.8, 4) is 0 Å². The second kappa shape index (κ2) is 9.53. The van der Waals surface area contributed by atoms with Crippen molar-refractivity contribution in [2.75, 3.05) is 40.0 Å². The molecular weight excluding hydrogens is 248 g/mol.